The third-order valence-electron chi connectivity index (χ3n) is 4.97. The molecule has 0 aliphatic rings. The van der Waals surface area contributed by atoms with E-state index >= 15 is 0 Å². The molecule has 4 aromatic rings. The van der Waals surface area contributed by atoms with Crippen molar-refractivity contribution in [3.05, 3.63) is 67.8 Å². The highest BCUT2D eigenvalue weighted by molar-refractivity contribution is 7.14. The van der Waals surface area contributed by atoms with E-state index < -0.39 is 34.7 Å². The number of halogens is 4. The summed E-state index contributed by atoms with van der Waals surface area (Å²) in [4.78, 5) is 49.1. The van der Waals surface area contributed by atoms with Gasteiger partial charge in [-0.15, -0.1) is 11.3 Å². The van der Waals surface area contributed by atoms with Crippen molar-refractivity contribution in [3.8, 4) is 11.3 Å². The first-order valence-electron chi connectivity index (χ1n) is 9.50. The molecule has 0 aliphatic heterocycles. The predicted molar refractivity (Wildman–Crippen MR) is 115 cm³/mol. The zero-order valence-corrected chi connectivity index (χ0v) is 18.3. The minimum atomic E-state index is -4.87. The standard InChI is InChI=1S/C20H14F4N6O3S/c1-29-16-14(17(32)30(2)19(29)33)11(25-8-26-16)6-13(31)28-18-27-12(7-34-18)9-4-3-5-10(15(9)21)20(22,23)24/h3-5,7-8H,6H2,1-2H3,(H,27,28,31). The molecule has 1 aromatic carbocycles. The van der Waals surface area contributed by atoms with Crippen LogP contribution in [-0.4, -0.2) is 30.0 Å². The fourth-order valence-electron chi connectivity index (χ4n) is 3.31. The van der Waals surface area contributed by atoms with E-state index in [1.165, 1.54) is 19.5 Å². The van der Waals surface area contributed by atoms with E-state index in [0.29, 0.717) is 6.07 Å². The molecule has 0 saturated carbocycles. The molecular weight excluding hydrogens is 480 g/mol. The van der Waals surface area contributed by atoms with Gasteiger partial charge in [0.25, 0.3) is 5.56 Å². The van der Waals surface area contributed by atoms with Gasteiger partial charge in [-0.1, -0.05) is 6.07 Å². The van der Waals surface area contributed by atoms with Gasteiger partial charge < -0.3 is 5.32 Å². The molecule has 176 valence electrons. The normalized spacial score (nSPS) is 11.7. The topological polar surface area (TPSA) is 112 Å². The molecule has 4 rings (SSSR count). The van der Waals surface area contributed by atoms with Crippen molar-refractivity contribution in [2.45, 2.75) is 12.6 Å². The molecule has 0 aliphatic carbocycles. The third-order valence-corrected chi connectivity index (χ3v) is 5.73. The van der Waals surface area contributed by atoms with Crippen LogP contribution in [0.4, 0.5) is 22.7 Å². The minimum absolute atomic E-state index is 0.00638. The fraction of sp³-hybridized carbons (Fsp3) is 0.200. The minimum Gasteiger partial charge on any atom is -0.302 e. The highest BCUT2D eigenvalue weighted by atomic mass is 32.1. The first kappa shape index (κ1) is 23.2. The van der Waals surface area contributed by atoms with E-state index in [1.807, 2.05) is 0 Å². The van der Waals surface area contributed by atoms with E-state index in [9.17, 15) is 31.9 Å². The van der Waals surface area contributed by atoms with Gasteiger partial charge in [0, 0.05) is 25.0 Å². The molecule has 0 fully saturated rings. The molecule has 0 bridgehead atoms. The van der Waals surface area contributed by atoms with E-state index in [2.05, 4.69) is 20.3 Å². The number of aromatic nitrogens is 5. The molecule has 0 unspecified atom stereocenters. The lowest BCUT2D eigenvalue weighted by atomic mass is 10.1. The van der Waals surface area contributed by atoms with Crippen molar-refractivity contribution in [1.82, 2.24) is 24.1 Å². The van der Waals surface area contributed by atoms with Crippen molar-refractivity contribution < 1.29 is 22.4 Å². The van der Waals surface area contributed by atoms with Crippen LogP contribution in [0.3, 0.4) is 0 Å². The van der Waals surface area contributed by atoms with Gasteiger partial charge >= 0.3 is 11.9 Å². The Morgan fingerprint density at radius 2 is 1.88 bits per heavy atom. The zero-order chi connectivity index (χ0) is 24.8. The van der Waals surface area contributed by atoms with Crippen LogP contribution in [0.2, 0.25) is 0 Å². The molecule has 1 amide bonds. The van der Waals surface area contributed by atoms with Crippen LogP contribution >= 0.6 is 11.3 Å². The van der Waals surface area contributed by atoms with Crippen molar-refractivity contribution in [3.63, 3.8) is 0 Å². The monoisotopic (exact) mass is 494 g/mol. The Bertz CT molecular complexity index is 1560. The number of hydrogen-bond donors (Lipinski definition) is 1. The summed E-state index contributed by atoms with van der Waals surface area (Å²) in [6.07, 6.45) is -4.13. The summed E-state index contributed by atoms with van der Waals surface area (Å²) >= 11 is 0.884. The second-order valence-electron chi connectivity index (χ2n) is 7.15. The molecule has 3 heterocycles. The average Bonchev–Trinajstić information content (AvgIpc) is 3.23. The lowest BCUT2D eigenvalue weighted by molar-refractivity contribution is -0.139. The van der Waals surface area contributed by atoms with Crippen molar-refractivity contribution in [2.75, 3.05) is 5.32 Å². The van der Waals surface area contributed by atoms with Crippen LogP contribution in [-0.2, 0) is 31.5 Å². The molecule has 1 N–H and O–H groups in total. The number of aryl methyl sites for hydroxylation is 1. The maximum absolute atomic E-state index is 14.4. The maximum atomic E-state index is 14.4. The predicted octanol–water partition coefficient (Wildman–Crippen LogP) is 2.49. The summed E-state index contributed by atoms with van der Waals surface area (Å²) in [5.41, 5.74) is -3.00. The third kappa shape index (κ3) is 4.07. The number of hydrogen-bond acceptors (Lipinski definition) is 7. The van der Waals surface area contributed by atoms with Crippen LogP contribution in [0.1, 0.15) is 11.3 Å². The van der Waals surface area contributed by atoms with Gasteiger partial charge in [-0.3, -0.25) is 18.7 Å². The quantitative estimate of drug-likeness (QED) is 0.437. The highest BCUT2D eigenvalue weighted by Crippen LogP contribution is 2.36. The van der Waals surface area contributed by atoms with E-state index in [1.54, 1.807) is 0 Å². The van der Waals surface area contributed by atoms with Crippen molar-refractivity contribution in [2.24, 2.45) is 14.1 Å². The van der Waals surface area contributed by atoms with E-state index in [4.69, 9.17) is 0 Å². The second kappa shape index (κ2) is 8.44. The Kier molecular flexibility index (Phi) is 5.77. The van der Waals surface area contributed by atoms with Gasteiger partial charge in [0.1, 0.15) is 17.5 Å². The Labute approximate surface area is 191 Å². The number of fused-ring (bicyclic) bond motifs is 1. The van der Waals surface area contributed by atoms with Gasteiger partial charge in [0.05, 0.1) is 23.4 Å². The van der Waals surface area contributed by atoms with Crippen LogP contribution < -0.4 is 16.6 Å². The first-order valence-corrected chi connectivity index (χ1v) is 10.4. The fourth-order valence-corrected chi connectivity index (χ4v) is 4.03. The molecule has 0 spiro atoms. The number of alkyl halides is 3. The summed E-state index contributed by atoms with van der Waals surface area (Å²) in [6.45, 7) is 0. The average molecular weight is 494 g/mol. The summed E-state index contributed by atoms with van der Waals surface area (Å²) in [5.74, 6) is -2.10. The second-order valence-corrected chi connectivity index (χ2v) is 8.01. The molecule has 0 radical (unpaired) electrons. The van der Waals surface area contributed by atoms with Crippen LogP contribution in [0.25, 0.3) is 22.3 Å². The lowest BCUT2D eigenvalue weighted by Gasteiger charge is -2.10. The number of thiazole rings is 1. The Hall–Kier alpha value is -3.94. The first-order chi connectivity index (χ1) is 16.0. The molecule has 3 aromatic heterocycles. The SMILES string of the molecule is Cn1c(=O)c2c(CC(=O)Nc3nc(-c4cccc(C(F)(F)F)c4F)cs3)ncnc2n(C)c1=O. The molecule has 0 atom stereocenters. The number of carbonyl (C=O) groups excluding carboxylic acids is 1. The number of benzene rings is 1. The summed E-state index contributed by atoms with van der Waals surface area (Å²) < 4.78 is 55.3. The van der Waals surface area contributed by atoms with E-state index in [0.717, 1.165) is 38.9 Å². The number of carbonyl (C=O) groups is 1. The van der Waals surface area contributed by atoms with Gasteiger partial charge in [-0.05, 0) is 12.1 Å². The number of rotatable bonds is 4. The number of nitrogens with one attached hydrogen (secondary N) is 1. The maximum Gasteiger partial charge on any atom is 0.419 e. The van der Waals surface area contributed by atoms with Crippen molar-refractivity contribution >= 4 is 33.4 Å². The Balaban J connectivity index is 1.61. The Morgan fingerprint density at radius 3 is 2.59 bits per heavy atom. The molecule has 9 nitrogen and oxygen atoms in total. The van der Waals surface area contributed by atoms with Crippen LogP contribution in [0.5, 0.6) is 0 Å². The molecule has 14 heteroatoms. The van der Waals surface area contributed by atoms with Gasteiger partial charge in [0.15, 0.2) is 10.8 Å². The van der Waals surface area contributed by atoms with Gasteiger partial charge in [0.2, 0.25) is 5.91 Å². The van der Waals surface area contributed by atoms with Crippen LogP contribution in [0, 0.1) is 5.82 Å². The number of amides is 1. The lowest BCUT2D eigenvalue weighted by Crippen LogP contribution is -2.38. The van der Waals surface area contributed by atoms with Crippen LogP contribution in [0.15, 0.2) is 39.5 Å². The van der Waals surface area contributed by atoms with Gasteiger partial charge in [-0.25, -0.2) is 24.1 Å². The van der Waals surface area contributed by atoms with E-state index in [-0.39, 0.29) is 39.5 Å². The number of nitrogens with zero attached hydrogens (tertiary/aromatic N) is 5. The Morgan fingerprint density at radius 1 is 1.15 bits per heavy atom. The largest absolute Gasteiger partial charge is 0.419 e. The summed E-state index contributed by atoms with van der Waals surface area (Å²) in [6, 6.07) is 2.84. The molecular formula is C20H14F4N6O3S. The summed E-state index contributed by atoms with van der Waals surface area (Å²) in [7, 11) is 2.70. The number of anilines is 1. The van der Waals surface area contributed by atoms with Gasteiger partial charge in [-0.2, -0.15) is 13.2 Å². The summed E-state index contributed by atoms with van der Waals surface area (Å²) in [5, 5.41) is 3.76. The van der Waals surface area contributed by atoms with Crippen molar-refractivity contribution in [1.29, 1.82) is 0 Å². The molecule has 0 saturated heterocycles. The molecule has 34 heavy (non-hydrogen) atoms. The highest BCUT2D eigenvalue weighted by Gasteiger charge is 2.35. The smallest absolute Gasteiger partial charge is 0.302 e. The zero-order valence-electron chi connectivity index (χ0n) is 17.5.